The number of halogens is 1. The molecule has 0 saturated heterocycles. The van der Waals surface area contributed by atoms with Gasteiger partial charge >= 0.3 is 0 Å². The molecule has 1 aromatic rings. The molecule has 0 aliphatic rings. The molecule has 0 unspecified atom stereocenters. The van der Waals surface area contributed by atoms with Crippen LogP contribution in [0.5, 0.6) is 0 Å². The minimum absolute atomic E-state index is 0.100. The zero-order chi connectivity index (χ0) is 12.6. The Bertz CT molecular complexity index is 472. The summed E-state index contributed by atoms with van der Waals surface area (Å²) in [7, 11) is -3.93. The second-order valence-electron chi connectivity index (χ2n) is 4.51. The third-order valence-corrected chi connectivity index (χ3v) is 3.56. The van der Waals surface area contributed by atoms with Gasteiger partial charge in [-0.05, 0) is 32.9 Å². The fourth-order valence-electron chi connectivity index (χ4n) is 1.26. The van der Waals surface area contributed by atoms with Crippen molar-refractivity contribution in [3.63, 3.8) is 0 Å². The minimum Gasteiger partial charge on any atom is -0.398 e. The largest absolute Gasteiger partial charge is 0.398 e. The van der Waals surface area contributed by atoms with E-state index in [1.165, 1.54) is 12.1 Å². The van der Waals surface area contributed by atoms with Gasteiger partial charge in [-0.1, -0.05) is 6.07 Å². The van der Waals surface area contributed by atoms with Crippen LogP contribution in [0.25, 0.3) is 0 Å². The number of benzene rings is 1. The van der Waals surface area contributed by atoms with E-state index in [0.717, 1.165) is 6.07 Å². The molecule has 0 heterocycles. The first-order chi connectivity index (χ1) is 7.13. The molecule has 1 aromatic carbocycles. The topological polar surface area (TPSA) is 72.2 Å². The van der Waals surface area contributed by atoms with Crippen molar-refractivity contribution in [2.24, 2.45) is 0 Å². The van der Waals surface area contributed by atoms with E-state index in [4.69, 9.17) is 5.73 Å². The molecular weight excluding hydrogens is 231 g/mol. The fourth-order valence-corrected chi connectivity index (χ4v) is 2.87. The Hall–Kier alpha value is -1.14. The maximum Gasteiger partial charge on any atom is 0.246 e. The number of hydrogen-bond acceptors (Lipinski definition) is 3. The number of nitrogen functional groups attached to an aromatic ring is 1. The first-order valence-corrected chi connectivity index (χ1v) is 6.20. The van der Waals surface area contributed by atoms with Gasteiger partial charge in [-0.25, -0.2) is 17.5 Å². The van der Waals surface area contributed by atoms with Gasteiger partial charge in [0.05, 0.1) is 5.69 Å². The maximum atomic E-state index is 13.4. The summed E-state index contributed by atoms with van der Waals surface area (Å²) in [5, 5.41) is 0. The molecule has 90 valence electrons. The van der Waals surface area contributed by atoms with Crippen LogP contribution in [-0.4, -0.2) is 14.0 Å². The highest BCUT2D eigenvalue weighted by atomic mass is 32.2. The lowest BCUT2D eigenvalue weighted by Crippen LogP contribution is -2.41. The van der Waals surface area contributed by atoms with E-state index in [-0.39, 0.29) is 5.69 Å². The Morgan fingerprint density at radius 2 is 1.88 bits per heavy atom. The Morgan fingerprint density at radius 1 is 1.31 bits per heavy atom. The highest BCUT2D eigenvalue weighted by Crippen LogP contribution is 2.22. The zero-order valence-corrected chi connectivity index (χ0v) is 10.2. The van der Waals surface area contributed by atoms with Crippen molar-refractivity contribution < 1.29 is 12.8 Å². The highest BCUT2D eigenvalue weighted by Gasteiger charge is 2.26. The first-order valence-electron chi connectivity index (χ1n) is 4.71. The minimum atomic E-state index is -3.93. The summed E-state index contributed by atoms with van der Waals surface area (Å²) in [6.07, 6.45) is 0. The average Bonchev–Trinajstić information content (AvgIpc) is 1.97. The summed E-state index contributed by atoms with van der Waals surface area (Å²) >= 11 is 0. The number of anilines is 1. The molecule has 0 spiro atoms. The van der Waals surface area contributed by atoms with Crippen molar-refractivity contribution in [2.45, 2.75) is 31.2 Å². The lowest BCUT2D eigenvalue weighted by Gasteiger charge is -2.21. The van der Waals surface area contributed by atoms with E-state index in [2.05, 4.69) is 4.72 Å². The first kappa shape index (κ1) is 12.9. The van der Waals surface area contributed by atoms with Crippen molar-refractivity contribution in [1.82, 2.24) is 4.72 Å². The van der Waals surface area contributed by atoms with Crippen LogP contribution < -0.4 is 10.5 Å². The van der Waals surface area contributed by atoms with Crippen molar-refractivity contribution in [3.05, 3.63) is 24.0 Å². The molecular formula is C10H15FN2O2S. The van der Waals surface area contributed by atoms with Crippen LogP contribution in [-0.2, 0) is 10.0 Å². The summed E-state index contributed by atoms with van der Waals surface area (Å²) in [4.78, 5) is -0.495. The van der Waals surface area contributed by atoms with Gasteiger partial charge < -0.3 is 5.73 Å². The second kappa shape index (κ2) is 4.03. The van der Waals surface area contributed by atoms with Crippen LogP contribution in [0.2, 0.25) is 0 Å². The van der Waals surface area contributed by atoms with Crippen LogP contribution in [0, 0.1) is 5.82 Å². The normalized spacial score (nSPS) is 12.8. The van der Waals surface area contributed by atoms with Crippen LogP contribution in [0.15, 0.2) is 23.1 Å². The third kappa shape index (κ3) is 2.93. The van der Waals surface area contributed by atoms with E-state index < -0.39 is 26.3 Å². The quantitative estimate of drug-likeness (QED) is 0.776. The van der Waals surface area contributed by atoms with Gasteiger partial charge in [0, 0.05) is 5.54 Å². The summed E-state index contributed by atoms with van der Waals surface area (Å²) in [6, 6.07) is 3.77. The third-order valence-electron chi connectivity index (χ3n) is 1.71. The van der Waals surface area contributed by atoms with Crippen molar-refractivity contribution in [1.29, 1.82) is 0 Å². The molecule has 4 nitrogen and oxygen atoms in total. The lowest BCUT2D eigenvalue weighted by atomic mass is 10.1. The molecule has 3 N–H and O–H groups in total. The fraction of sp³-hybridized carbons (Fsp3) is 0.400. The van der Waals surface area contributed by atoms with E-state index >= 15 is 0 Å². The predicted molar refractivity (Wildman–Crippen MR) is 60.9 cm³/mol. The molecule has 0 aliphatic heterocycles. The molecule has 0 fully saturated rings. The summed E-state index contributed by atoms with van der Waals surface area (Å²) in [5.41, 5.74) is 4.68. The second-order valence-corrected chi connectivity index (χ2v) is 6.13. The van der Waals surface area contributed by atoms with E-state index in [1.807, 2.05) is 0 Å². The summed E-state index contributed by atoms with van der Waals surface area (Å²) in [5.74, 6) is -0.850. The zero-order valence-electron chi connectivity index (χ0n) is 9.41. The monoisotopic (exact) mass is 246 g/mol. The summed E-state index contributed by atoms with van der Waals surface area (Å²) in [6.45, 7) is 5.00. The molecule has 0 aromatic heterocycles. The summed E-state index contributed by atoms with van der Waals surface area (Å²) < 4.78 is 39.5. The molecule has 0 saturated carbocycles. The van der Waals surface area contributed by atoms with Crippen molar-refractivity contribution >= 4 is 15.7 Å². The van der Waals surface area contributed by atoms with Gasteiger partial charge in [0.1, 0.15) is 10.7 Å². The maximum absolute atomic E-state index is 13.4. The number of hydrogen-bond donors (Lipinski definition) is 2. The number of nitrogens with two attached hydrogens (primary N) is 1. The Balaban J connectivity index is 3.29. The standard InChI is InChI=1S/C10H15FN2O2S/c1-10(2,3)13-16(14,15)9-7(11)5-4-6-8(9)12/h4-6,13H,12H2,1-3H3. The Morgan fingerprint density at radius 3 is 2.31 bits per heavy atom. The van der Waals surface area contributed by atoms with Gasteiger partial charge in [0.15, 0.2) is 0 Å². The van der Waals surface area contributed by atoms with Gasteiger partial charge in [-0.2, -0.15) is 0 Å². The van der Waals surface area contributed by atoms with Crippen LogP contribution in [0.4, 0.5) is 10.1 Å². The number of rotatable bonds is 2. The Kier molecular flexibility index (Phi) is 3.25. The molecule has 0 radical (unpaired) electrons. The molecule has 0 atom stereocenters. The molecule has 1 rings (SSSR count). The SMILES string of the molecule is CC(C)(C)NS(=O)(=O)c1c(N)cccc1F. The van der Waals surface area contributed by atoms with Gasteiger partial charge in [0.25, 0.3) is 0 Å². The molecule has 16 heavy (non-hydrogen) atoms. The smallest absolute Gasteiger partial charge is 0.246 e. The van der Waals surface area contributed by atoms with Crippen molar-refractivity contribution in [3.8, 4) is 0 Å². The van der Waals surface area contributed by atoms with Gasteiger partial charge in [-0.15, -0.1) is 0 Å². The number of nitrogens with one attached hydrogen (secondary N) is 1. The Labute approximate surface area is 94.7 Å². The molecule has 0 amide bonds. The van der Waals surface area contributed by atoms with E-state index in [1.54, 1.807) is 20.8 Å². The predicted octanol–water partition coefficient (Wildman–Crippen LogP) is 1.48. The molecule has 0 aliphatic carbocycles. The lowest BCUT2D eigenvalue weighted by molar-refractivity contribution is 0.487. The highest BCUT2D eigenvalue weighted by molar-refractivity contribution is 7.89. The van der Waals surface area contributed by atoms with Crippen LogP contribution >= 0.6 is 0 Å². The van der Waals surface area contributed by atoms with Crippen molar-refractivity contribution in [2.75, 3.05) is 5.73 Å². The van der Waals surface area contributed by atoms with Crippen LogP contribution in [0.1, 0.15) is 20.8 Å². The van der Waals surface area contributed by atoms with Crippen LogP contribution in [0.3, 0.4) is 0 Å². The molecule has 6 heteroatoms. The van der Waals surface area contributed by atoms with Gasteiger partial charge in [0.2, 0.25) is 10.0 Å². The molecule has 0 bridgehead atoms. The average molecular weight is 246 g/mol. The van der Waals surface area contributed by atoms with Gasteiger partial charge in [-0.3, -0.25) is 0 Å². The van der Waals surface area contributed by atoms with E-state index in [9.17, 15) is 12.8 Å². The van der Waals surface area contributed by atoms with E-state index in [0.29, 0.717) is 0 Å². The number of sulfonamides is 1.